The van der Waals surface area contributed by atoms with Crippen LogP contribution >= 0.6 is 0 Å². The summed E-state index contributed by atoms with van der Waals surface area (Å²) < 4.78 is 9.98. The van der Waals surface area contributed by atoms with E-state index < -0.39 is 0 Å². The average molecular weight is 300 g/mol. The number of ether oxygens (including phenoxy) is 2. The van der Waals surface area contributed by atoms with Crippen LogP contribution in [0.5, 0.6) is 5.75 Å². The second kappa shape index (κ2) is 10.4. The van der Waals surface area contributed by atoms with Gasteiger partial charge in [0.1, 0.15) is 19.0 Å². The highest BCUT2D eigenvalue weighted by atomic mass is 16.6. The molecule has 2 aromatic rings. The van der Waals surface area contributed by atoms with Crippen molar-refractivity contribution in [1.82, 2.24) is 0 Å². The Morgan fingerprint density at radius 1 is 0.909 bits per heavy atom. The minimum atomic E-state index is -0.281. The van der Waals surface area contributed by atoms with E-state index in [-0.39, 0.29) is 5.97 Å². The van der Waals surface area contributed by atoms with Crippen LogP contribution in [0.2, 0.25) is 0 Å². The fourth-order valence-corrected chi connectivity index (χ4v) is 1.70. The first-order valence-electron chi connectivity index (χ1n) is 7.45. The Morgan fingerprint density at radius 2 is 1.45 bits per heavy atom. The van der Waals surface area contributed by atoms with Gasteiger partial charge in [0, 0.05) is 6.92 Å². The molecule has 0 aliphatic heterocycles. The summed E-state index contributed by atoms with van der Waals surface area (Å²) in [4.78, 5) is 10.4. The minimum absolute atomic E-state index is 0.281. The summed E-state index contributed by atoms with van der Waals surface area (Å²) in [5.41, 5.74) is 1.41. The largest absolute Gasteiger partial charge is 0.490 e. The van der Waals surface area contributed by atoms with Gasteiger partial charge in [-0.05, 0) is 23.6 Å². The maximum Gasteiger partial charge on any atom is 0.302 e. The molecule has 0 aliphatic rings. The predicted molar refractivity (Wildman–Crippen MR) is 89.1 cm³/mol. The fraction of sp³-hybridized carbons (Fsp3) is 0.316. The van der Waals surface area contributed by atoms with Gasteiger partial charge in [0.2, 0.25) is 0 Å². The van der Waals surface area contributed by atoms with Crippen molar-refractivity contribution in [2.24, 2.45) is 0 Å². The fourth-order valence-electron chi connectivity index (χ4n) is 1.70. The highest BCUT2D eigenvalue weighted by Gasteiger charge is 1.94. The van der Waals surface area contributed by atoms with Crippen LogP contribution in [0.1, 0.15) is 32.3 Å². The van der Waals surface area contributed by atoms with Crippen molar-refractivity contribution in [1.29, 1.82) is 0 Å². The van der Waals surface area contributed by atoms with Gasteiger partial charge in [0.15, 0.2) is 0 Å². The molecule has 0 aliphatic carbocycles. The first-order valence-corrected chi connectivity index (χ1v) is 7.45. The molecule has 118 valence electrons. The van der Waals surface area contributed by atoms with Gasteiger partial charge in [0.25, 0.3) is 0 Å². The Hall–Kier alpha value is -2.29. The quantitative estimate of drug-likeness (QED) is 0.605. The van der Waals surface area contributed by atoms with Crippen molar-refractivity contribution in [3.63, 3.8) is 0 Å². The summed E-state index contributed by atoms with van der Waals surface area (Å²) in [5.74, 6) is 1.16. The monoisotopic (exact) mass is 300 g/mol. The lowest BCUT2D eigenvalue weighted by molar-refractivity contribution is -0.141. The van der Waals surface area contributed by atoms with Crippen LogP contribution < -0.4 is 4.74 Å². The van der Waals surface area contributed by atoms with E-state index in [1.54, 1.807) is 0 Å². The standard InChI is InChI=1S/C10H12O3.C9H12/c1-9(11)12-7-8-13-10-5-3-2-4-6-10;1-8(2)9-6-4-3-5-7-9/h2-6H,7-8H2,1H3;3-8H,1-2H3. The molecule has 0 radical (unpaired) electrons. The third-order valence-corrected chi connectivity index (χ3v) is 2.87. The number of benzene rings is 2. The van der Waals surface area contributed by atoms with E-state index in [1.807, 2.05) is 36.4 Å². The van der Waals surface area contributed by atoms with Crippen LogP contribution in [0.4, 0.5) is 0 Å². The molecule has 0 N–H and O–H groups in total. The van der Waals surface area contributed by atoms with Crippen molar-refractivity contribution >= 4 is 5.97 Å². The molecule has 2 rings (SSSR count). The van der Waals surface area contributed by atoms with Gasteiger partial charge in [-0.15, -0.1) is 0 Å². The van der Waals surface area contributed by atoms with E-state index in [0.717, 1.165) is 5.75 Å². The molecule has 3 nitrogen and oxygen atoms in total. The molecule has 0 saturated carbocycles. The summed E-state index contributed by atoms with van der Waals surface area (Å²) in [5, 5.41) is 0. The summed E-state index contributed by atoms with van der Waals surface area (Å²) in [6.07, 6.45) is 0. The predicted octanol–water partition coefficient (Wildman–Crippen LogP) is 4.44. The Labute approximate surface area is 132 Å². The molecule has 3 heteroatoms. The Bertz CT molecular complexity index is 521. The second-order valence-corrected chi connectivity index (χ2v) is 5.07. The zero-order chi connectivity index (χ0) is 16.2. The topological polar surface area (TPSA) is 35.5 Å². The summed E-state index contributed by atoms with van der Waals surface area (Å²) in [6, 6.07) is 19.9. The van der Waals surface area contributed by atoms with E-state index in [2.05, 4.69) is 38.1 Å². The molecule has 0 heterocycles. The molecule has 0 atom stereocenters. The summed E-state index contributed by atoms with van der Waals surface area (Å²) in [6.45, 7) is 6.47. The minimum Gasteiger partial charge on any atom is -0.490 e. The van der Waals surface area contributed by atoms with Crippen molar-refractivity contribution in [3.8, 4) is 5.75 Å². The average Bonchev–Trinajstić information content (AvgIpc) is 2.54. The Balaban J connectivity index is 0.000000235. The van der Waals surface area contributed by atoms with Crippen LogP contribution in [0, 0.1) is 0 Å². The lowest BCUT2D eigenvalue weighted by Gasteiger charge is -2.05. The molecule has 0 bridgehead atoms. The van der Waals surface area contributed by atoms with Crippen molar-refractivity contribution in [2.45, 2.75) is 26.7 Å². The maximum atomic E-state index is 10.4. The summed E-state index contributed by atoms with van der Waals surface area (Å²) >= 11 is 0. The van der Waals surface area contributed by atoms with E-state index in [4.69, 9.17) is 9.47 Å². The maximum absolute atomic E-state index is 10.4. The molecule has 0 saturated heterocycles. The molecule has 0 amide bonds. The molecule has 22 heavy (non-hydrogen) atoms. The molecule has 0 fully saturated rings. The van der Waals surface area contributed by atoms with Gasteiger partial charge >= 0.3 is 5.97 Å². The van der Waals surface area contributed by atoms with E-state index >= 15 is 0 Å². The highest BCUT2D eigenvalue weighted by Crippen LogP contribution is 2.11. The van der Waals surface area contributed by atoms with E-state index in [0.29, 0.717) is 19.1 Å². The lowest BCUT2D eigenvalue weighted by Crippen LogP contribution is -2.09. The van der Waals surface area contributed by atoms with E-state index in [1.165, 1.54) is 12.5 Å². The van der Waals surface area contributed by atoms with Crippen LogP contribution in [-0.4, -0.2) is 19.2 Å². The van der Waals surface area contributed by atoms with Gasteiger partial charge in [-0.3, -0.25) is 4.79 Å². The van der Waals surface area contributed by atoms with Crippen molar-refractivity contribution in [2.75, 3.05) is 13.2 Å². The molecular weight excluding hydrogens is 276 g/mol. The number of carbonyl (C=O) groups is 1. The molecule has 0 unspecified atom stereocenters. The Morgan fingerprint density at radius 3 is 1.91 bits per heavy atom. The van der Waals surface area contributed by atoms with Gasteiger partial charge in [0.05, 0.1) is 0 Å². The molecule has 0 aromatic heterocycles. The van der Waals surface area contributed by atoms with Crippen LogP contribution in [0.25, 0.3) is 0 Å². The lowest BCUT2D eigenvalue weighted by atomic mass is 10.0. The van der Waals surface area contributed by atoms with Gasteiger partial charge in [-0.25, -0.2) is 0 Å². The Kier molecular flexibility index (Phi) is 8.43. The molecular formula is C19H24O3. The van der Waals surface area contributed by atoms with Gasteiger partial charge in [-0.2, -0.15) is 0 Å². The normalized spacial score (nSPS) is 9.64. The zero-order valence-corrected chi connectivity index (χ0v) is 13.5. The highest BCUT2D eigenvalue weighted by molar-refractivity contribution is 5.65. The second-order valence-electron chi connectivity index (χ2n) is 5.07. The van der Waals surface area contributed by atoms with Gasteiger partial charge in [-0.1, -0.05) is 62.4 Å². The summed E-state index contributed by atoms with van der Waals surface area (Å²) in [7, 11) is 0. The molecule has 0 spiro atoms. The van der Waals surface area contributed by atoms with Gasteiger partial charge < -0.3 is 9.47 Å². The van der Waals surface area contributed by atoms with Crippen LogP contribution in [0.3, 0.4) is 0 Å². The smallest absolute Gasteiger partial charge is 0.302 e. The first-order chi connectivity index (χ1) is 10.6. The zero-order valence-electron chi connectivity index (χ0n) is 13.5. The first kappa shape index (κ1) is 17.8. The van der Waals surface area contributed by atoms with Crippen molar-refractivity contribution < 1.29 is 14.3 Å². The van der Waals surface area contributed by atoms with E-state index in [9.17, 15) is 4.79 Å². The van der Waals surface area contributed by atoms with Crippen molar-refractivity contribution in [3.05, 3.63) is 66.2 Å². The van der Waals surface area contributed by atoms with Crippen LogP contribution in [-0.2, 0) is 9.53 Å². The number of rotatable bonds is 5. The number of hydrogen-bond donors (Lipinski definition) is 0. The number of para-hydroxylation sites is 1. The molecule has 2 aromatic carbocycles. The SMILES string of the molecule is CC(=O)OCCOc1ccccc1.CC(C)c1ccccc1. The van der Waals surface area contributed by atoms with Crippen LogP contribution in [0.15, 0.2) is 60.7 Å². The number of hydrogen-bond acceptors (Lipinski definition) is 3. The number of esters is 1. The third kappa shape index (κ3) is 8.10. The number of carbonyl (C=O) groups excluding carboxylic acids is 1. The third-order valence-electron chi connectivity index (χ3n) is 2.87.